The van der Waals surface area contributed by atoms with Crippen LogP contribution in [0.15, 0.2) is 54.6 Å². The molecular weight excluding hydrogens is 477 g/mol. The van der Waals surface area contributed by atoms with Gasteiger partial charge in [0, 0.05) is 30.0 Å². The highest BCUT2D eigenvalue weighted by Gasteiger charge is 2.33. The zero-order chi connectivity index (χ0) is 25.4. The fourth-order valence-electron chi connectivity index (χ4n) is 3.77. The third-order valence-electron chi connectivity index (χ3n) is 5.53. The van der Waals surface area contributed by atoms with Crippen LogP contribution in [0.25, 0.3) is 6.08 Å². The van der Waals surface area contributed by atoms with Crippen molar-refractivity contribution >= 4 is 41.4 Å². The van der Waals surface area contributed by atoms with Gasteiger partial charge in [0.15, 0.2) is 0 Å². The highest BCUT2D eigenvalue weighted by Crippen LogP contribution is 2.17. The van der Waals surface area contributed by atoms with Gasteiger partial charge in [-0.3, -0.25) is 14.4 Å². The van der Waals surface area contributed by atoms with Gasteiger partial charge < -0.3 is 21.1 Å². The van der Waals surface area contributed by atoms with Crippen molar-refractivity contribution in [2.24, 2.45) is 5.92 Å². The van der Waals surface area contributed by atoms with Gasteiger partial charge in [0.25, 0.3) is 0 Å². The van der Waals surface area contributed by atoms with E-state index in [9.17, 15) is 28.7 Å². The molecule has 0 aliphatic carbocycles. The third-order valence-corrected chi connectivity index (χ3v) is 5.74. The number of carbonyl (C=O) groups excluding carboxylic acids is 3. The van der Waals surface area contributed by atoms with Crippen molar-refractivity contribution in [1.82, 2.24) is 16.0 Å². The monoisotopic (exact) mass is 501 g/mol. The SMILES string of the molecule is O=C(/C=C/c1cc(F)cc(Cl)c1)NC(Cc1ccccc1)C(=O)NC(CC1CCNC1=O)C(=O)O. The first-order chi connectivity index (χ1) is 16.7. The number of rotatable bonds is 10. The number of benzene rings is 2. The fraction of sp³-hybridized carbons (Fsp3) is 0.280. The minimum atomic E-state index is -1.29. The van der Waals surface area contributed by atoms with E-state index < -0.39 is 41.6 Å². The van der Waals surface area contributed by atoms with Crippen LogP contribution in [0.4, 0.5) is 4.39 Å². The summed E-state index contributed by atoms with van der Waals surface area (Å²) in [7, 11) is 0. The number of aliphatic carboxylic acids is 1. The molecule has 0 spiro atoms. The Hall–Kier alpha value is -3.72. The first kappa shape index (κ1) is 25.9. The zero-order valence-electron chi connectivity index (χ0n) is 18.7. The van der Waals surface area contributed by atoms with Crippen LogP contribution in [0.3, 0.4) is 0 Å². The average molecular weight is 502 g/mol. The zero-order valence-corrected chi connectivity index (χ0v) is 19.4. The molecule has 3 unspecified atom stereocenters. The number of hydrogen-bond donors (Lipinski definition) is 4. The fourth-order valence-corrected chi connectivity index (χ4v) is 4.00. The summed E-state index contributed by atoms with van der Waals surface area (Å²) in [6.45, 7) is 0.458. The van der Waals surface area contributed by atoms with Crippen molar-refractivity contribution < 1.29 is 28.7 Å². The van der Waals surface area contributed by atoms with Crippen molar-refractivity contribution in [1.29, 1.82) is 0 Å². The number of carbonyl (C=O) groups is 4. The molecule has 10 heteroatoms. The van der Waals surface area contributed by atoms with Crippen molar-refractivity contribution in [2.75, 3.05) is 6.54 Å². The Kier molecular flexibility index (Phi) is 8.97. The topological polar surface area (TPSA) is 125 Å². The molecule has 1 aliphatic heterocycles. The number of carboxylic acids is 1. The van der Waals surface area contributed by atoms with Crippen LogP contribution in [0.2, 0.25) is 5.02 Å². The third kappa shape index (κ3) is 7.92. The van der Waals surface area contributed by atoms with E-state index in [0.29, 0.717) is 18.5 Å². The number of nitrogens with one attached hydrogen (secondary N) is 3. The van der Waals surface area contributed by atoms with Gasteiger partial charge in [-0.2, -0.15) is 0 Å². The molecular formula is C25H25ClFN3O5. The maximum atomic E-state index is 13.5. The molecule has 8 nitrogen and oxygen atoms in total. The van der Waals surface area contributed by atoms with Gasteiger partial charge in [-0.1, -0.05) is 41.9 Å². The molecule has 3 amide bonds. The van der Waals surface area contributed by atoms with Gasteiger partial charge in [0.1, 0.15) is 17.9 Å². The summed E-state index contributed by atoms with van der Waals surface area (Å²) in [5.74, 6) is -3.93. The Labute approximate surface area is 206 Å². The van der Waals surface area contributed by atoms with Crippen LogP contribution in [-0.4, -0.2) is 47.4 Å². The lowest BCUT2D eigenvalue weighted by molar-refractivity contribution is -0.143. The first-order valence-corrected chi connectivity index (χ1v) is 11.4. The van der Waals surface area contributed by atoms with E-state index in [0.717, 1.165) is 17.7 Å². The molecule has 0 saturated carbocycles. The maximum Gasteiger partial charge on any atom is 0.326 e. The number of halogens is 2. The van der Waals surface area contributed by atoms with Crippen molar-refractivity contribution in [3.05, 3.63) is 76.6 Å². The van der Waals surface area contributed by atoms with Gasteiger partial charge >= 0.3 is 5.97 Å². The molecule has 1 aliphatic rings. The Morgan fingerprint density at radius 3 is 2.51 bits per heavy atom. The van der Waals surface area contributed by atoms with Crippen molar-refractivity contribution in [3.63, 3.8) is 0 Å². The lowest BCUT2D eigenvalue weighted by Gasteiger charge is -2.22. The molecule has 0 radical (unpaired) electrons. The van der Waals surface area contributed by atoms with E-state index in [1.807, 2.05) is 0 Å². The number of hydrogen-bond acceptors (Lipinski definition) is 4. The second-order valence-electron chi connectivity index (χ2n) is 8.20. The molecule has 0 bridgehead atoms. The first-order valence-electron chi connectivity index (χ1n) is 11.0. The van der Waals surface area contributed by atoms with E-state index in [-0.39, 0.29) is 23.8 Å². The predicted octanol–water partition coefficient (Wildman–Crippen LogP) is 2.32. The van der Waals surface area contributed by atoms with E-state index >= 15 is 0 Å². The van der Waals surface area contributed by atoms with Gasteiger partial charge in [0.2, 0.25) is 17.7 Å². The van der Waals surface area contributed by atoms with E-state index in [1.165, 1.54) is 18.2 Å². The standard InChI is InChI=1S/C25H25ClFN3O5/c26-18-10-16(11-19(27)14-18)6-7-22(31)29-20(12-15-4-2-1-3-5-15)24(33)30-21(25(34)35)13-17-8-9-28-23(17)32/h1-7,10-11,14,17,20-21H,8-9,12-13H2,(H,28,32)(H,29,31)(H,30,33)(H,34,35)/b7-6+. The Morgan fingerprint density at radius 2 is 1.89 bits per heavy atom. The highest BCUT2D eigenvalue weighted by atomic mass is 35.5. The van der Waals surface area contributed by atoms with Gasteiger partial charge in [-0.25, -0.2) is 9.18 Å². The van der Waals surface area contributed by atoms with Crippen LogP contribution in [0.5, 0.6) is 0 Å². The molecule has 1 heterocycles. The van der Waals surface area contributed by atoms with Crippen LogP contribution in [0, 0.1) is 11.7 Å². The van der Waals surface area contributed by atoms with Gasteiger partial charge in [-0.15, -0.1) is 0 Å². The number of carboxylic acid groups (broad SMARTS) is 1. The lowest BCUT2D eigenvalue weighted by atomic mass is 9.97. The summed E-state index contributed by atoms with van der Waals surface area (Å²) in [5, 5.41) is 17.4. The molecule has 4 N–H and O–H groups in total. The molecule has 3 atom stereocenters. The minimum Gasteiger partial charge on any atom is -0.480 e. The number of amides is 3. The summed E-state index contributed by atoms with van der Waals surface area (Å²) in [6.07, 6.45) is 3.01. The summed E-state index contributed by atoms with van der Waals surface area (Å²) < 4.78 is 13.5. The van der Waals surface area contributed by atoms with Crippen LogP contribution < -0.4 is 16.0 Å². The van der Waals surface area contributed by atoms with E-state index in [2.05, 4.69) is 16.0 Å². The van der Waals surface area contributed by atoms with Crippen LogP contribution in [-0.2, 0) is 25.6 Å². The van der Waals surface area contributed by atoms with Crippen LogP contribution >= 0.6 is 11.6 Å². The Morgan fingerprint density at radius 1 is 1.14 bits per heavy atom. The second-order valence-corrected chi connectivity index (χ2v) is 8.64. The molecule has 3 rings (SSSR count). The summed E-state index contributed by atoms with van der Waals surface area (Å²) in [5.41, 5.74) is 1.10. The average Bonchev–Trinajstić information content (AvgIpc) is 3.21. The second kappa shape index (κ2) is 12.1. The van der Waals surface area contributed by atoms with Gasteiger partial charge in [0.05, 0.1) is 0 Å². The summed E-state index contributed by atoms with van der Waals surface area (Å²) >= 11 is 5.83. The molecule has 0 aromatic heterocycles. The van der Waals surface area contributed by atoms with Gasteiger partial charge in [-0.05, 0) is 48.2 Å². The molecule has 1 fully saturated rings. The predicted molar refractivity (Wildman–Crippen MR) is 128 cm³/mol. The van der Waals surface area contributed by atoms with E-state index in [4.69, 9.17) is 11.6 Å². The molecule has 2 aromatic carbocycles. The highest BCUT2D eigenvalue weighted by molar-refractivity contribution is 6.30. The molecule has 1 saturated heterocycles. The molecule has 184 valence electrons. The maximum absolute atomic E-state index is 13.5. The van der Waals surface area contributed by atoms with E-state index in [1.54, 1.807) is 30.3 Å². The van der Waals surface area contributed by atoms with Crippen molar-refractivity contribution in [3.8, 4) is 0 Å². The van der Waals surface area contributed by atoms with Crippen LogP contribution in [0.1, 0.15) is 24.0 Å². The largest absolute Gasteiger partial charge is 0.480 e. The summed E-state index contributed by atoms with van der Waals surface area (Å²) in [4.78, 5) is 49.2. The Balaban J connectivity index is 1.72. The summed E-state index contributed by atoms with van der Waals surface area (Å²) in [6, 6.07) is 10.3. The molecule has 35 heavy (non-hydrogen) atoms. The quantitative estimate of drug-likeness (QED) is 0.372. The lowest BCUT2D eigenvalue weighted by Crippen LogP contribution is -2.52. The van der Waals surface area contributed by atoms with Crippen molar-refractivity contribution in [2.45, 2.75) is 31.3 Å². The Bertz CT molecular complexity index is 1110. The molecule has 2 aromatic rings. The minimum absolute atomic E-state index is 0.0564. The normalized spacial score (nSPS) is 17.0. The smallest absolute Gasteiger partial charge is 0.326 e.